The molecule has 3 heterocycles. The number of halogens is 1. The molecule has 2 aliphatic heterocycles. The van der Waals surface area contributed by atoms with E-state index in [0.29, 0.717) is 12.2 Å². The predicted octanol–water partition coefficient (Wildman–Crippen LogP) is 2.17. The first kappa shape index (κ1) is 19.0. The number of piperidine rings is 1. The predicted molar refractivity (Wildman–Crippen MR) is 102 cm³/mol. The Bertz CT molecular complexity index is 795. The van der Waals surface area contributed by atoms with Crippen LogP contribution in [-0.4, -0.2) is 64.2 Å². The molecule has 2 fully saturated rings. The Labute approximate surface area is 163 Å². The molecule has 150 valence electrons. The first-order valence-corrected chi connectivity index (χ1v) is 9.96. The summed E-state index contributed by atoms with van der Waals surface area (Å²) in [5.41, 5.74) is 0.821. The molecule has 0 aliphatic carbocycles. The zero-order chi connectivity index (χ0) is 19.4. The van der Waals surface area contributed by atoms with E-state index < -0.39 is 0 Å². The molecular formula is C20H26FN5O2. The van der Waals surface area contributed by atoms with Gasteiger partial charge in [0.2, 0.25) is 0 Å². The number of rotatable bonds is 5. The molecule has 0 saturated carbocycles. The second-order valence-electron chi connectivity index (χ2n) is 7.56. The van der Waals surface area contributed by atoms with Crippen LogP contribution in [0, 0.1) is 5.82 Å². The van der Waals surface area contributed by atoms with Crippen LogP contribution in [0.2, 0.25) is 0 Å². The molecule has 1 amide bonds. The Morgan fingerprint density at radius 3 is 2.57 bits per heavy atom. The number of benzene rings is 1. The van der Waals surface area contributed by atoms with Crippen molar-refractivity contribution in [1.82, 2.24) is 25.2 Å². The van der Waals surface area contributed by atoms with E-state index >= 15 is 0 Å². The number of hydrogen-bond acceptors (Lipinski definition) is 5. The number of likely N-dealkylation sites (tertiary alicyclic amines) is 1. The standard InChI is InChI=1S/C20H26FN5O2/c21-16-4-6-17(7-5-16)26-23-14-18(24-26)19(27)22-15-20(8-12-28-13-9-20)25-10-2-1-3-11-25/h4-7,14H,1-3,8-13,15H2,(H,22,27). The zero-order valence-corrected chi connectivity index (χ0v) is 15.9. The van der Waals surface area contributed by atoms with Crippen molar-refractivity contribution in [3.63, 3.8) is 0 Å². The van der Waals surface area contributed by atoms with Gasteiger partial charge in [-0.2, -0.15) is 9.90 Å². The molecule has 2 aliphatic rings. The summed E-state index contributed by atoms with van der Waals surface area (Å²) in [4.78, 5) is 16.5. The van der Waals surface area contributed by atoms with E-state index in [4.69, 9.17) is 4.74 Å². The van der Waals surface area contributed by atoms with E-state index in [1.165, 1.54) is 42.4 Å². The first-order valence-electron chi connectivity index (χ1n) is 9.96. The van der Waals surface area contributed by atoms with Crippen molar-refractivity contribution in [1.29, 1.82) is 0 Å². The van der Waals surface area contributed by atoms with Crippen LogP contribution in [0.4, 0.5) is 4.39 Å². The molecule has 0 spiro atoms. The van der Waals surface area contributed by atoms with E-state index in [9.17, 15) is 9.18 Å². The van der Waals surface area contributed by atoms with Crippen LogP contribution < -0.4 is 5.32 Å². The van der Waals surface area contributed by atoms with E-state index in [1.807, 2.05) is 0 Å². The maximum Gasteiger partial charge on any atom is 0.273 e. The molecular weight excluding hydrogens is 361 g/mol. The van der Waals surface area contributed by atoms with Crippen molar-refractivity contribution in [2.75, 3.05) is 32.8 Å². The molecule has 1 aromatic heterocycles. The second-order valence-corrected chi connectivity index (χ2v) is 7.56. The molecule has 2 saturated heterocycles. The fraction of sp³-hybridized carbons (Fsp3) is 0.550. The van der Waals surface area contributed by atoms with Crippen LogP contribution in [0.1, 0.15) is 42.6 Å². The molecule has 0 atom stereocenters. The Hall–Kier alpha value is -2.32. The van der Waals surface area contributed by atoms with Crippen LogP contribution >= 0.6 is 0 Å². The van der Waals surface area contributed by atoms with Crippen LogP contribution in [0.5, 0.6) is 0 Å². The number of aromatic nitrogens is 3. The summed E-state index contributed by atoms with van der Waals surface area (Å²) >= 11 is 0. The fourth-order valence-electron chi connectivity index (χ4n) is 4.13. The topological polar surface area (TPSA) is 72.3 Å². The van der Waals surface area contributed by atoms with Crippen molar-refractivity contribution in [2.45, 2.75) is 37.6 Å². The smallest absolute Gasteiger partial charge is 0.273 e. The van der Waals surface area contributed by atoms with Crippen LogP contribution in [0.15, 0.2) is 30.5 Å². The highest BCUT2D eigenvalue weighted by atomic mass is 19.1. The fourth-order valence-corrected chi connectivity index (χ4v) is 4.13. The Balaban J connectivity index is 1.43. The molecule has 0 radical (unpaired) electrons. The molecule has 4 rings (SSSR count). The Morgan fingerprint density at radius 2 is 1.86 bits per heavy atom. The molecule has 0 unspecified atom stereocenters. The minimum Gasteiger partial charge on any atom is -0.381 e. The second kappa shape index (κ2) is 8.36. The van der Waals surface area contributed by atoms with Gasteiger partial charge in [0.05, 0.1) is 11.9 Å². The van der Waals surface area contributed by atoms with Gasteiger partial charge in [-0.3, -0.25) is 9.69 Å². The number of ether oxygens (including phenoxy) is 1. The van der Waals surface area contributed by atoms with Gasteiger partial charge in [0, 0.05) is 25.3 Å². The van der Waals surface area contributed by atoms with E-state index in [-0.39, 0.29) is 23.0 Å². The number of hydrogen-bond donors (Lipinski definition) is 1. The third-order valence-electron chi connectivity index (χ3n) is 5.81. The number of nitrogens with zero attached hydrogens (tertiary/aromatic N) is 4. The molecule has 28 heavy (non-hydrogen) atoms. The number of carbonyl (C=O) groups is 1. The summed E-state index contributed by atoms with van der Waals surface area (Å²) in [7, 11) is 0. The van der Waals surface area contributed by atoms with E-state index in [1.54, 1.807) is 12.1 Å². The van der Waals surface area contributed by atoms with Crippen LogP contribution in [0.3, 0.4) is 0 Å². The van der Waals surface area contributed by atoms with Crippen molar-refractivity contribution >= 4 is 5.91 Å². The highest BCUT2D eigenvalue weighted by Gasteiger charge is 2.39. The number of nitrogens with one attached hydrogen (secondary N) is 1. The zero-order valence-electron chi connectivity index (χ0n) is 15.9. The van der Waals surface area contributed by atoms with Gasteiger partial charge in [-0.05, 0) is 63.0 Å². The number of carbonyl (C=O) groups excluding carboxylic acids is 1. The molecule has 8 heteroatoms. The average molecular weight is 387 g/mol. The van der Waals surface area contributed by atoms with Gasteiger partial charge >= 0.3 is 0 Å². The van der Waals surface area contributed by atoms with Gasteiger partial charge in [-0.15, -0.1) is 5.10 Å². The summed E-state index contributed by atoms with van der Waals surface area (Å²) in [5, 5.41) is 11.4. The lowest BCUT2D eigenvalue weighted by molar-refractivity contribution is -0.0349. The summed E-state index contributed by atoms with van der Waals surface area (Å²) in [6.45, 7) is 4.20. The highest BCUT2D eigenvalue weighted by molar-refractivity contribution is 5.91. The lowest BCUT2D eigenvalue weighted by atomic mass is 9.86. The third kappa shape index (κ3) is 4.07. The van der Waals surface area contributed by atoms with Crippen molar-refractivity contribution in [3.05, 3.63) is 42.0 Å². The quantitative estimate of drug-likeness (QED) is 0.851. The van der Waals surface area contributed by atoms with Crippen LogP contribution in [-0.2, 0) is 4.74 Å². The summed E-state index contributed by atoms with van der Waals surface area (Å²) in [5.74, 6) is -0.565. The van der Waals surface area contributed by atoms with E-state index in [0.717, 1.165) is 39.1 Å². The average Bonchev–Trinajstić information content (AvgIpc) is 3.24. The van der Waals surface area contributed by atoms with Crippen molar-refractivity contribution in [2.24, 2.45) is 0 Å². The molecule has 1 N–H and O–H groups in total. The normalized spacial score (nSPS) is 20.0. The van der Waals surface area contributed by atoms with E-state index in [2.05, 4.69) is 20.4 Å². The highest BCUT2D eigenvalue weighted by Crippen LogP contribution is 2.30. The van der Waals surface area contributed by atoms with Gasteiger partial charge in [-0.1, -0.05) is 6.42 Å². The van der Waals surface area contributed by atoms with Gasteiger partial charge < -0.3 is 10.1 Å². The first-order chi connectivity index (χ1) is 13.7. The van der Waals surface area contributed by atoms with Crippen molar-refractivity contribution in [3.8, 4) is 5.69 Å². The van der Waals surface area contributed by atoms with Gasteiger partial charge in [0.1, 0.15) is 5.82 Å². The Kier molecular flexibility index (Phi) is 5.68. The SMILES string of the molecule is O=C(NCC1(N2CCCCC2)CCOCC1)c1cnn(-c2ccc(F)cc2)n1. The summed E-state index contributed by atoms with van der Waals surface area (Å²) in [6.07, 6.45) is 6.99. The monoisotopic (exact) mass is 387 g/mol. The number of amides is 1. The van der Waals surface area contributed by atoms with Crippen molar-refractivity contribution < 1.29 is 13.9 Å². The van der Waals surface area contributed by atoms with Gasteiger partial charge in [0.25, 0.3) is 5.91 Å². The lowest BCUT2D eigenvalue weighted by Gasteiger charge is -2.48. The minimum atomic E-state index is -0.326. The molecule has 0 bridgehead atoms. The molecule has 1 aromatic carbocycles. The van der Waals surface area contributed by atoms with Gasteiger partial charge in [-0.25, -0.2) is 4.39 Å². The van der Waals surface area contributed by atoms with Crippen LogP contribution in [0.25, 0.3) is 5.69 Å². The molecule has 7 nitrogen and oxygen atoms in total. The third-order valence-corrected chi connectivity index (χ3v) is 5.81. The largest absolute Gasteiger partial charge is 0.381 e. The maximum absolute atomic E-state index is 13.1. The van der Waals surface area contributed by atoms with Gasteiger partial charge in [0.15, 0.2) is 5.69 Å². The lowest BCUT2D eigenvalue weighted by Crippen LogP contribution is -2.59. The minimum absolute atomic E-state index is 0.0404. The maximum atomic E-state index is 13.1. The molecule has 2 aromatic rings. The summed E-state index contributed by atoms with van der Waals surface area (Å²) in [6, 6.07) is 5.83. The Morgan fingerprint density at radius 1 is 1.14 bits per heavy atom. The summed E-state index contributed by atoms with van der Waals surface area (Å²) < 4.78 is 18.7.